The molecule has 0 aromatic heterocycles. The third-order valence-electron chi connectivity index (χ3n) is 4.77. The summed E-state index contributed by atoms with van der Waals surface area (Å²) in [6, 6.07) is 12.1. The number of halogens is 1. The molecule has 1 aliphatic heterocycles. The monoisotopic (exact) mass is 392 g/mol. The Balaban J connectivity index is 1.77. The van der Waals surface area contributed by atoms with Crippen molar-refractivity contribution >= 4 is 33.2 Å². The molecule has 2 aromatic rings. The molecule has 0 saturated heterocycles. The zero-order valence-electron chi connectivity index (χ0n) is 14.9. The molecule has 0 bridgehead atoms. The van der Waals surface area contributed by atoms with Gasteiger partial charge in [0.1, 0.15) is 0 Å². The molecule has 1 heterocycles. The lowest BCUT2D eigenvalue weighted by Crippen LogP contribution is -2.33. The topological polar surface area (TPSA) is 66.5 Å². The van der Waals surface area contributed by atoms with Crippen molar-refractivity contribution in [3.05, 3.63) is 58.6 Å². The van der Waals surface area contributed by atoms with Gasteiger partial charge in [-0.3, -0.25) is 4.79 Å². The molecule has 0 fully saturated rings. The molecule has 0 atom stereocenters. The van der Waals surface area contributed by atoms with Gasteiger partial charge in [0.2, 0.25) is 15.9 Å². The summed E-state index contributed by atoms with van der Waals surface area (Å²) in [6.45, 7) is 3.90. The van der Waals surface area contributed by atoms with Crippen LogP contribution in [0.25, 0.3) is 0 Å². The largest absolute Gasteiger partial charge is 0.314 e. The molecular formula is C19H21ClN2O3S. The number of carbonyl (C=O) groups excluding carboxylic acids is 1. The van der Waals surface area contributed by atoms with E-state index in [1.807, 2.05) is 26.0 Å². The van der Waals surface area contributed by atoms with Crippen LogP contribution < -0.4 is 9.62 Å². The van der Waals surface area contributed by atoms with Gasteiger partial charge < -0.3 is 4.90 Å². The Labute approximate surface area is 159 Å². The molecule has 1 N–H and O–H groups in total. The summed E-state index contributed by atoms with van der Waals surface area (Å²) in [5.74, 6) is -0.0438. The molecule has 1 amide bonds. The van der Waals surface area contributed by atoms with Crippen LogP contribution in [0, 0.1) is 0 Å². The van der Waals surface area contributed by atoms with Crippen molar-refractivity contribution in [3.63, 3.8) is 0 Å². The van der Waals surface area contributed by atoms with Crippen LogP contribution in [-0.4, -0.2) is 27.9 Å². The summed E-state index contributed by atoms with van der Waals surface area (Å²) >= 11 is 5.85. The summed E-state index contributed by atoms with van der Waals surface area (Å²) in [4.78, 5) is 14.1. The van der Waals surface area contributed by atoms with E-state index < -0.39 is 15.4 Å². The number of rotatable bonds is 5. The Morgan fingerprint density at radius 1 is 1.12 bits per heavy atom. The first kappa shape index (κ1) is 18.9. The zero-order chi connectivity index (χ0) is 19.1. The summed E-state index contributed by atoms with van der Waals surface area (Å²) in [6.07, 6.45) is 0.564. The SMILES string of the molecule is CN1C(=O)C(C)(C)c2cc(S(=O)(=O)NCCc3ccc(Cl)cc3)ccc21. The first-order valence-corrected chi connectivity index (χ1v) is 10.2. The quantitative estimate of drug-likeness (QED) is 0.850. The number of nitrogens with one attached hydrogen (secondary N) is 1. The van der Waals surface area contributed by atoms with Gasteiger partial charge in [0, 0.05) is 24.3 Å². The Morgan fingerprint density at radius 2 is 1.77 bits per heavy atom. The van der Waals surface area contributed by atoms with Gasteiger partial charge in [-0.15, -0.1) is 0 Å². The first-order chi connectivity index (χ1) is 12.1. The summed E-state index contributed by atoms with van der Waals surface area (Å²) in [5, 5.41) is 0.648. The van der Waals surface area contributed by atoms with E-state index in [9.17, 15) is 13.2 Å². The maximum atomic E-state index is 12.6. The fourth-order valence-corrected chi connectivity index (χ4v) is 4.37. The van der Waals surface area contributed by atoms with Crippen molar-refractivity contribution in [2.24, 2.45) is 0 Å². The van der Waals surface area contributed by atoms with Crippen LogP contribution in [0.4, 0.5) is 5.69 Å². The number of nitrogens with zero attached hydrogens (tertiary/aromatic N) is 1. The van der Waals surface area contributed by atoms with Crippen molar-refractivity contribution in [2.45, 2.75) is 30.6 Å². The molecule has 0 spiro atoms. The van der Waals surface area contributed by atoms with Crippen molar-refractivity contribution in [1.82, 2.24) is 4.72 Å². The minimum Gasteiger partial charge on any atom is -0.314 e. The van der Waals surface area contributed by atoms with E-state index in [-0.39, 0.29) is 17.3 Å². The van der Waals surface area contributed by atoms with Gasteiger partial charge in [-0.2, -0.15) is 0 Å². The van der Waals surface area contributed by atoms with Gasteiger partial charge in [0.25, 0.3) is 0 Å². The Hall–Kier alpha value is -1.89. The van der Waals surface area contributed by atoms with Crippen molar-refractivity contribution in [3.8, 4) is 0 Å². The van der Waals surface area contributed by atoms with Crippen molar-refractivity contribution in [1.29, 1.82) is 0 Å². The van der Waals surface area contributed by atoms with Gasteiger partial charge in [-0.25, -0.2) is 13.1 Å². The van der Waals surface area contributed by atoms with Gasteiger partial charge >= 0.3 is 0 Å². The van der Waals surface area contributed by atoms with Crippen LogP contribution in [0.2, 0.25) is 5.02 Å². The molecule has 0 unspecified atom stereocenters. The van der Waals surface area contributed by atoms with E-state index in [0.29, 0.717) is 11.4 Å². The van der Waals surface area contributed by atoms with E-state index in [1.165, 1.54) is 6.07 Å². The first-order valence-electron chi connectivity index (χ1n) is 8.30. The van der Waals surface area contributed by atoms with E-state index >= 15 is 0 Å². The average molecular weight is 393 g/mol. The van der Waals surface area contributed by atoms with Crippen LogP contribution >= 0.6 is 11.6 Å². The van der Waals surface area contributed by atoms with Crippen LogP contribution in [0.5, 0.6) is 0 Å². The van der Waals surface area contributed by atoms with Gasteiger partial charge in [0.05, 0.1) is 10.3 Å². The number of hydrogen-bond donors (Lipinski definition) is 1. The number of benzene rings is 2. The third kappa shape index (κ3) is 3.37. The third-order valence-corrected chi connectivity index (χ3v) is 6.48. The molecular weight excluding hydrogens is 372 g/mol. The van der Waals surface area contributed by atoms with Crippen molar-refractivity contribution in [2.75, 3.05) is 18.5 Å². The lowest BCUT2D eigenvalue weighted by Gasteiger charge is -2.16. The summed E-state index contributed by atoms with van der Waals surface area (Å²) in [7, 11) is -1.95. The van der Waals surface area contributed by atoms with E-state index in [2.05, 4.69) is 4.72 Å². The van der Waals surface area contributed by atoms with Gasteiger partial charge in [-0.1, -0.05) is 23.7 Å². The minimum atomic E-state index is -3.65. The molecule has 7 heteroatoms. The lowest BCUT2D eigenvalue weighted by atomic mass is 9.86. The van der Waals surface area contributed by atoms with Gasteiger partial charge in [-0.05, 0) is 61.7 Å². The molecule has 3 rings (SSSR count). The van der Waals surface area contributed by atoms with E-state index in [4.69, 9.17) is 11.6 Å². The van der Waals surface area contributed by atoms with E-state index in [1.54, 1.807) is 36.2 Å². The molecule has 26 heavy (non-hydrogen) atoms. The second-order valence-corrected chi connectivity index (χ2v) is 9.15. The average Bonchev–Trinajstić information content (AvgIpc) is 2.77. The second-order valence-electron chi connectivity index (χ2n) is 6.94. The molecule has 0 aliphatic carbocycles. The number of anilines is 1. The Morgan fingerprint density at radius 3 is 2.42 bits per heavy atom. The Bertz CT molecular complexity index is 953. The summed E-state index contributed by atoms with van der Waals surface area (Å²) < 4.78 is 27.9. The van der Waals surface area contributed by atoms with Crippen LogP contribution in [-0.2, 0) is 26.7 Å². The maximum absolute atomic E-state index is 12.6. The normalized spacial score (nSPS) is 16.0. The highest BCUT2D eigenvalue weighted by Crippen LogP contribution is 2.41. The smallest absolute Gasteiger partial charge is 0.240 e. The van der Waals surface area contributed by atoms with E-state index in [0.717, 1.165) is 16.8 Å². The van der Waals surface area contributed by atoms with Crippen LogP contribution in [0.15, 0.2) is 47.4 Å². The molecule has 138 valence electrons. The fourth-order valence-electron chi connectivity index (χ4n) is 3.18. The highest BCUT2D eigenvalue weighted by molar-refractivity contribution is 7.89. The number of sulfonamides is 1. The highest BCUT2D eigenvalue weighted by atomic mass is 35.5. The Kier molecular flexibility index (Phi) is 4.86. The predicted molar refractivity (Wildman–Crippen MR) is 103 cm³/mol. The molecule has 5 nitrogen and oxygen atoms in total. The molecule has 0 saturated carbocycles. The maximum Gasteiger partial charge on any atom is 0.240 e. The predicted octanol–water partition coefficient (Wildman–Crippen LogP) is 3.12. The number of hydrogen-bond acceptors (Lipinski definition) is 3. The molecule has 2 aromatic carbocycles. The fraction of sp³-hybridized carbons (Fsp3) is 0.316. The second kappa shape index (κ2) is 6.68. The number of likely N-dealkylation sites (N-methyl/N-ethyl adjacent to an activating group) is 1. The van der Waals surface area contributed by atoms with Crippen molar-refractivity contribution < 1.29 is 13.2 Å². The van der Waals surface area contributed by atoms with Crippen LogP contribution in [0.3, 0.4) is 0 Å². The van der Waals surface area contributed by atoms with Gasteiger partial charge in [0.15, 0.2) is 0 Å². The highest BCUT2D eigenvalue weighted by Gasteiger charge is 2.42. The number of fused-ring (bicyclic) bond motifs is 1. The zero-order valence-corrected chi connectivity index (χ0v) is 16.5. The number of amides is 1. The molecule has 1 aliphatic rings. The minimum absolute atomic E-state index is 0.0438. The van der Waals surface area contributed by atoms with Crippen LogP contribution in [0.1, 0.15) is 25.0 Å². The summed E-state index contributed by atoms with van der Waals surface area (Å²) in [5.41, 5.74) is 1.74. The molecule has 0 radical (unpaired) electrons. The standard InChI is InChI=1S/C19H21ClN2O3S/c1-19(2)16-12-15(8-9-17(16)22(3)18(19)23)26(24,25)21-11-10-13-4-6-14(20)7-5-13/h4-9,12,21H,10-11H2,1-3H3. The number of carbonyl (C=O) groups is 1. The lowest BCUT2D eigenvalue weighted by molar-refractivity contribution is -0.121.